The van der Waals surface area contributed by atoms with E-state index in [0.29, 0.717) is 23.2 Å². The Hall–Kier alpha value is -3.61. The van der Waals surface area contributed by atoms with Crippen LogP contribution in [0, 0.1) is 6.92 Å². The van der Waals surface area contributed by atoms with Gasteiger partial charge in [0.1, 0.15) is 11.6 Å². The number of para-hydroxylation sites is 1. The second-order valence-electron chi connectivity index (χ2n) is 6.10. The normalized spacial score (nSPS) is 10.2. The fourth-order valence-corrected chi connectivity index (χ4v) is 2.52. The Morgan fingerprint density at radius 1 is 1.00 bits per heavy atom. The van der Waals surface area contributed by atoms with Gasteiger partial charge in [-0.15, -0.1) is 0 Å². The van der Waals surface area contributed by atoms with Crippen molar-refractivity contribution in [1.29, 1.82) is 0 Å². The summed E-state index contributed by atoms with van der Waals surface area (Å²) in [4.78, 5) is 20.8. The first-order valence-corrected chi connectivity index (χ1v) is 9.06. The quantitative estimate of drug-likeness (QED) is 0.550. The molecule has 1 amide bonds. The van der Waals surface area contributed by atoms with Gasteiger partial charge in [0.05, 0.1) is 0 Å². The first-order chi connectivity index (χ1) is 13.6. The number of rotatable bonds is 8. The van der Waals surface area contributed by atoms with Crippen molar-refractivity contribution in [2.45, 2.75) is 13.8 Å². The molecular weight excluding hydrogens is 354 g/mol. The maximum atomic E-state index is 12.0. The lowest BCUT2D eigenvalue weighted by molar-refractivity contribution is -0.118. The molecule has 0 spiro atoms. The van der Waals surface area contributed by atoms with Crippen molar-refractivity contribution >= 4 is 29.0 Å². The average molecular weight is 377 g/mol. The molecule has 3 aromatic rings. The molecule has 0 atom stereocenters. The first-order valence-electron chi connectivity index (χ1n) is 9.06. The number of nitrogens with zero attached hydrogens (tertiary/aromatic N) is 2. The molecule has 0 unspecified atom stereocenters. The Morgan fingerprint density at radius 3 is 2.43 bits per heavy atom. The van der Waals surface area contributed by atoms with Gasteiger partial charge in [-0.05, 0) is 50.2 Å². The predicted molar refractivity (Wildman–Crippen MR) is 111 cm³/mol. The molecule has 7 heteroatoms. The Labute approximate surface area is 164 Å². The van der Waals surface area contributed by atoms with Crippen molar-refractivity contribution in [3.63, 3.8) is 0 Å². The number of hydrogen-bond acceptors (Lipinski definition) is 6. The standard InChI is InChI=1S/C21H23N5O2/c1-3-22-21-23-15(2)13-19(26-21)24-16-9-11-17(12-10-16)25-20(27)14-28-18-7-5-4-6-8-18/h4-13H,3,14H2,1-2H3,(H,25,27)(H2,22,23,24,26). The molecule has 28 heavy (non-hydrogen) atoms. The highest BCUT2D eigenvalue weighted by molar-refractivity contribution is 5.92. The molecule has 3 N–H and O–H groups in total. The number of aryl methyl sites for hydroxylation is 1. The third kappa shape index (κ3) is 5.70. The molecule has 7 nitrogen and oxygen atoms in total. The number of anilines is 4. The lowest BCUT2D eigenvalue weighted by atomic mass is 10.2. The second kappa shape index (κ2) is 9.36. The van der Waals surface area contributed by atoms with Crippen LogP contribution in [0.2, 0.25) is 0 Å². The summed E-state index contributed by atoms with van der Waals surface area (Å²) in [7, 11) is 0. The molecule has 0 aliphatic rings. The molecule has 0 saturated heterocycles. The highest BCUT2D eigenvalue weighted by atomic mass is 16.5. The Kier molecular flexibility index (Phi) is 6.41. The molecule has 0 radical (unpaired) electrons. The second-order valence-corrected chi connectivity index (χ2v) is 6.10. The van der Waals surface area contributed by atoms with Crippen molar-refractivity contribution in [2.75, 3.05) is 29.1 Å². The van der Waals surface area contributed by atoms with Crippen LogP contribution in [0.1, 0.15) is 12.6 Å². The van der Waals surface area contributed by atoms with Crippen molar-refractivity contribution in [2.24, 2.45) is 0 Å². The van der Waals surface area contributed by atoms with E-state index >= 15 is 0 Å². The van der Waals surface area contributed by atoms with E-state index in [0.717, 1.165) is 17.9 Å². The van der Waals surface area contributed by atoms with Crippen LogP contribution in [-0.4, -0.2) is 29.0 Å². The van der Waals surface area contributed by atoms with E-state index in [-0.39, 0.29) is 12.5 Å². The average Bonchev–Trinajstić information content (AvgIpc) is 2.69. The molecule has 3 rings (SSSR count). The van der Waals surface area contributed by atoms with E-state index in [2.05, 4.69) is 25.9 Å². The first kappa shape index (κ1) is 19.2. The maximum absolute atomic E-state index is 12.0. The van der Waals surface area contributed by atoms with Gasteiger partial charge in [-0.2, -0.15) is 4.98 Å². The molecule has 1 aromatic heterocycles. The SMILES string of the molecule is CCNc1nc(C)cc(Nc2ccc(NC(=O)COc3ccccc3)cc2)n1. The molecule has 0 fully saturated rings. The Balaban J connectivity index is 1.55. The fourth-order valence-electron chi connectivity index (χ4n) is 2.52. The summed E-state index contributed by atoms with van der Waals surface area (Å²) in [5.41, 5.74) is 2.43. The van der Waals surface area contributed by atoms with Gasteiger partial charge in [0, 0.05) is 29.7 Å². The molecule has 0 saturated carbocycles. The summed E-state index contributed by atoms with van der Waals surface area (Å²) in [6, 6.07) is 18.5. The number of ether oxygens (including phenoxy) is 1. The molecular formula is C21H23N5O2. The maximum Gasteiger partial charge on any atom is 0.262 e. The van der Waals surface area contributed by atoms with Crippen LogP contribution in [0.3, 0.4) is 0 Å². The van der Waals surface area contributed by atoms with E-state index < -0.39 is 0 Å². The number of amides is 1. The molecule has 2 aromatic carbocycles. The molecule has 0 bridgehead atoms. The van der Waals surface area contributed by atoms with Crippen molar-refractivity contribution in [3.05, 3.63) is 66.4 Å². The lowest BCUT2D eigenvalue weighted by Gasteiger charge is -2.10. The van der Waals surface area contributed by atoms with Crippen LogP contribution in [0.5, 0.6) is 5.75 Å². The van der Waals surface area contributed by atoms with Gasteiger partial charge < -0.3 is 20.7 Å². The topological polar surface area (TPSA) is 88.2 Å². The highest BCUT2D eigenvalue weighted by Crippen LogP contribution is 2.19. The molecule has 144 valence electrons. The van der Waals surface area contributed by atoms with Crippen LogP contribution in [0.25, 0.3) is 0 Å². The third-order valence-electron chi connectivity index (χ3n) is 3.74. The van der Waals surface area contributed by atoms with E-state index in [4.69, 9.17) is 4.74 Å². The summed E-state index contributed by atoms with van der Waals surface area (Å²) in [5, 5.41) is 9.16. The van der Waals surface area contributed by atoms with Crippen molar-refractivity contribution < 1.29 is 9.53 Å². The van der Waals surface area contributed by atoms with E-state index in [1.807, 2.05) is 74.5 Å². The monoisotopic (exact) mass is 377 g/mol. The minimum Gasteiger partial charge on any atom is -0.484 e. The largest absolute Gasteiger partial charge is 0.484 e. The molecule has 0 aliphatic heterocycles. The van der Waals surface area contributed by atoms with E-state index in [1.54, 1.807) is 0 Å². The number of aromatic nitrogens is 2. The van der Waals surface area contributed by atoms with Crippen LogP contribution in [-0.2, 0) is 4.79 Å². The zero-order chi connectivity index (χ0) is 19.8. The minimum atomic E-state index is -0.216. The summed E-state index contributed by atoms with van der Waals surface area (Å²) in [5.74, 6) is 1.74. The van der Waals surface area contributed by atoms with Crippen molar-refractivity contribution in [3.8, 4) is 5.75 Å². The number of carbonyl (C=O) groups excluding carboxylic acids is 1. The highest BCUT2D eigenvalue weighted by Gasteiger charge is 2.05. The van der Waals surface area contributed by atoms with Gasteiger partial charge in [-0.1, -0.05) is 18.2 Å². The van der Waals surface area contributed by atoms with Gasteiger partial charge in [0.25, 0.3) is 5.91 Å². The van der Waals surface area contributed by atoms with Gasteiger partial charge in [-0.3, -0.25) is 4.79 Å². The molecule has 0 aliphatic carbocycles. The summed E-state index contributed by atoms with van der Waals surface area (Å²) in [6.45, 7) is 4.63. The Bertz CT molecular complexity index is 914. The molecule has 1 heterocycles. The Morgan fingerprint density at radius 2 is 1.71 bits per heavy atom. The van der Waals surface area contributed by atoms with Gasteiger partial charge in [0.15, 0.2) is 6.61 Å². The predicted octanol–water partition coefficient (Wildman–Crippen LogP) is 3.98. The minimum absolute atomic E-state index is 0.0442. The van der Waals surface area contributed by atoms with Crippen LogP contribution in [0.4, 0.5) is 23.1 Å². The van der Waals surface area contributed by atoms with E-state index in [1.165, 1.54) is 0 Å². The van der Waals surface area contributed by atoms with Gasteiger partial charge in [0.2, 0.25) is 5.95 Å². The zero-order valence-electron chi connectivity index (χ0n) is 15.9. The summed E-state index contributed by atoms with van der Waals surface area (Å²) in [6.07, 6.45) is 0. The number of benzene rings is 2. The summed E-state index contributed by atoms with van der Waals surface area (Å²) < 4.78 is 5.44. The van der Waals surface area contributed by atoms with E-state index in [9.17, 15) is 4.79 Å². The van der Waals surface area contributed by atoms with Crippen LogP contribution < -0.4 is 20.7 Å². The smallest absolute Gasteiger partial charge is 0.262 e. The number of hydrogen-bond donors (Lipinski definition) is 3. The third-order valence-corrected chi connectivity index (χ3v) is 3.74. The van der Waals surface area contributed by atoms with Crippen LogP contribution >= 0.6 is 0 Å². The summed E-state index contributed by atoms with van der Waals surface area (Å²) >= 11 is 0. The zero-order valence-corrected chi connectivity index (χ0v) is 15.9. The van der Waals surface area contributed by atoms with Gasteiger partial charge in [-0.25, -0.2) is 4.98 Å². The number of nitrogens with one attached hydrogen (secondary N) is 3. The van der Waals surface area contributed by atoms with Crippen LogP contribution in [0.15, 0.2) is 60.7 Å². The fraction of sp³-hybridized carbons (Fsp3) is 0.190. The van der Waals surface area contributed by atoms with Crippen molar-refractivity contribution in [1.82, 2.24) is 9.97 Å². The van der Waals surface area contributed by atoms with Gasteiger partial charge >= 0.3 is 0 Å². The number of carbonyl (C=O) groups is 1. The lowest BCUT2D eigenvalue weighted by Crippen LogP contribution is -2.20.